The van der Waals surface area contributed by atoms with Gasteiger partial charge in [0, 0.05) is 7.11 Å². The van der Waals surface area contributed by atoms with Gasteiger partial charge in [0.2, 0.25) is 0 Å². The van der Waals surface area contributed by atoms with Gasteiger partial charge in [-0.05, 0) is 46.6 Å². The second kappa shape index (κ2) is 11.8. The lowest BCUT2D eigenvalue weighted by Gasteiger charge is -2.26. The number of benzene rings is 2. The second-order valence-electron chi connectivity index (χ2n) is 8.52. The molecular weight excluding hydrogens is 362 g/mol. The highest BCUT2D eigenvalue weighted by atomic mass is 16.5. The van der Waals surface area contributed by atoms with Gasteiger partial charge in [0.15, 0.2) is 0 Å². The zero-order chi connectivity index (χ0) is 22.1. The van der Waals surface area contributed by atoms with Gasteiger partial charge in [-0.25, -0.2) is 4.79 Å². The van der Waals surface area contributed by atoms with Crippen molar-refractivity contribution in [1.82, 2.24) is 5.32 Å². The molecule has 0 unspecified atom stereocenters. The number of amides is 1. The van der Waals surface area contributed by atoms with Crippen molar-refractivity contribution < 1.29 is 14.3 Å². The van der Waals surface area contributed by atoms with E-state index in [2.05, 4.69) is 74.1 Å². The van der Waals surface area contributed by atoms with Crippen molar-refractivity contribution in [3.63, 3.8) is 0 Å². The average molecular weight is 402 g/mol. The number of carbonyl (C=O) groups excluding carboxylic acids is 1. The molecule has 4 nitrogen and oxygen atoms in total. The van der Waals surface area contributed by atoms with Crippen LogP contribution in [0.2, 0.25) is 0 Å². The van der Waals surface area contributed by atoms with Crippen molar-refractivity contribution in [3.05, 3.63) is 47.5 Å². The first-order valence-electron chi connectivity index (χ1n) is 10.5. The molecule has 0 fully saturated rings. The Kier molecular flexibility index (Phi) is 10.2. The van der Waals surface area contributed by atoms with Crippen LogP contribution in [0.25, 0.3) is 10.8 Å². The molecule has 2 atom stereocenters. The molecule has 4 heteroatoms. The summed E-state index contributed by atoms with van der Waals surface area (Å²) < 4.78 is 9.67. The predicted molar refractivity (Wildman–Crippen MR) is 123 cm³/mol. The summed E-state index contributed by atoms with van der Waals surface area (Å²) in [5.41, 5.74) is 2.84. The van der Waals surface area contributed by atoms with E-state index in [-0.39, 0.29) is 12.1 Å². The normalized spacial score (nSPS) is 13.2. The van der Waals surface area contributed by atoms with Gasteiger partial charge in [-0.15, -0.1) is 0 Å². The fourth-order valence-electron chi connectivity index (χ4n) is 3.17. The van der Waals surface area contributed by atoms with Crippen LogP contribution in [0, 0.1) is 5.92 Å². The summed E-state index contributed by atoms with van der Waals surface area (Å²) in [6.45, 7) is 14.9. The summed E-state index contributed by atoms with van der Waals surface area (Å²) in [5, 5.41) is 5.44. The standard InChI is InChI=1S/C16H20.C9H19NO3/c1-11(2)13-5-7-16-10-14(12(3)4)6-8-15(16)9-13;1-6(2)8(7(3)12-4)10-9(11)13-5/h5-12H,1-4H3;6-8H,1-5H3,(H,10,11)/t;7-,8-/m.1/s1. The molecular formula is C25H39NO3. The van der Waals surface area contributed by atoms with Crippen LogP contribution in [0.3, 0.4) is 0 Å². The number of rotatable bonds is 6. The van der Waals surface area contributed by atoms with Crippen LogP contribution in [-0.4, -0.2) is 32.5 Å². The first kappa shape index (κ1) is 25.0. The molecule has 0 aliphatic carbocycles. The van der Waals surface area contributed by atoms with Crippen molar-refractivity contribution in [2.45, 2.75) is 72.4 Å². The predicted octanol–water partition coefficient (Wildman–Crippen LogP) is 6.49. The Morgan fingerprint density at radius 1 is 0.793 bits per heavy atom. The third kappa shape index (κ3) is 7.69. The van der Waals surface area contributed by atoms with Crippen molar-refractivity contribution in [2.24, 2.45) is 5.92 Å². The number of ether oxygens (including phenoxy) is 2. The molecule has 2 aromatic carbocycles. The number of alkyl carbamates (subject to hydrolysis) is 1. The zero-order valence-corrected chi connectivity index (χ0v) is 19.6. The van der Waals surface area contributed by atoms with E-state index in [9.17, 15) is 4.79 Å². The third-order valence-electron chi connectivity index (χ3n) is 5.29. The highest BCUT2D eigenvalue weighted by molar-refractivity contribution is 5.84. The van der Waals surface area contributed by atoms with Crippen LogP contribution >= 0.6 is 0 Å². The molecule has 0 bridgehead atoms. The smallest absolute Gasteiger partial charge is 0.407 e. The number of hydrogen-bond donors (Lipinski definition) is 1. The maximum atomic E-state index is 11.0. The second-order valence-corrected chi connectivity index (χ2v) is 8.52. The molecule has 0 heterocycles. The lowest BCUT2D eigenvalue weighted by molar-refractivity contribution is 0.0638. The van der Waals surface area contributed by atoms with Crippen LogP contribution in [0.5, 0.6) is 0 Å². The first-order valence-corrected chi connectivity index (χ1v) is 10.5. The van der Waals surface area contributed by atoms with Crippen LogP contribution in [-0.2, 0) is 9.47 Å². The molecule has 2 rings (SSSR count). The first-order chi connectivity index (χ1) is 13.6. The molecule has 1 amide bonds. The lowest BCUT2D eigenvalue weighted by Crippen LogP contribution is -2.46. The van der Waals surface area contributed by atoms with Crippen LogP contribution < -0.4 is 5.32 Å². The van der Waals surface area contributed by atoms with Crippen molar-refractivity contribution in [1.29, 1.82) is 0 Å². The summed E-state index contributed by atoms with van der Waals surface area (Å²) in [7, 11) is 2.98. The molecule has 1 N–H and O–H groups in total. The summed E-state index contributed by atoms with van der Waals surface area (Å²) in [6, 6.07) is 13.6. The van der Waals surface area contributed by atoms with Gasteiger partial charge in [-0.1, -0.05) is 77.9 Å². The van der Waals surface area contributed by atoms with Crippen molar-refractivity contribution in [3.8, 4) is 0 Å². The number of fused-ring (bicyclic) bond motifs is 1. The molecule has 0 aromatic heterocycles. The molecule has 0 spiro atoms. The van der Waals surface area contributed by atoms with Gasteiger partial charge < -0.3 is 14.8 Å². The number of methoxy groups -OCH3 is 2. The number of hydrogen-bond acceptors (Lipinski definition) is 3. The fraction of sp³-hybridized carbons (Fsp3) is 0.560. The summed E-state index contributed by atoms with van der Waals surface area (Å²) in [4.78, 5) is 11.0. The quantitative estimate of drug-likeness (QED) is 0.602. The van der Waals surface area contributed by atoms with Crippen molar-refractivity contribution in [2.75, 3.05) is 14.2 Å². The van der Waals surface area contributed by atoms with Gasteiger partial charge in [0.05, 0.1) is 19.3 Å². The summed E-state index contributed by atoms with van der Waals surface area (Å²) in [5.74, 6) is 1.53. The average Bonchev–Trinajstić information content (AvgIpc) is 2.70. The van der Waals surface area contributed by atoms with E-state index in [1.807, 2.05) is 20.8 Å². The maximum absolute atomic E-state index is 11.0. The van der Waals surface area contributed by atoms with E-state index in [1.165, 1.54) is 29.0 Å². The van der Waals surface area contributed by atoms with Gasteiger partial charge in [-0.2, -0.15) is 0 Å². The minimum Gasteiger partial charge on any atom is -0.453 e. The van der Waals surface area contributed by atoms with E-state index in [0.717, 1.165) is 0 Å². The van der Waals surface area contributed by atoms with Gasteiger partial charge in [-0.3, -0.25) is 0 Å². The number of carbonyl (C=O) groups is 1. The molecule has 29 heavy (non-hydrogen) atoms. The highest BCUT2D eigenvalue weighted by Crippen LogP contribution is 2.24. The Hall–Kier alpha value is -2.07. The minimum atomic E-state index is -0.414. The van der Waals surface area contributed by atoms with Crippen LogP contribution in [0.1, 0.15) is 71.4 Å². The van der Waals surface area contributed by atoms with E-state index >= 15 is 0 Å². The van der Waals surface area contributed by atoms with Gasteiger partial charge in [0.1, 0.15) is 0 Å². The van der Waals surface area contributed by atoms with E-state index in [4.69, 9.17) is 4.74 Å². The van der Waals surface area contributed by atoms with E-state index in [0.29, 0.717) is 17.8 Å². The molecule has 0 saturated carbocycles. The van der Waals surface area contributed by atoms with Gasteiger partial charge >= 0.3 is 6.09 Å². The molecule has 0 aliphatic rings. The minimum absolute atomic E-state index is 0.0147. The Labute approximate surface area is 177 Å². The molecule has 0 aliphatic heterocycles. The Balaban J connectivity index is 0.000000298. The highest BCUT2D eigenvalue weighted by Gasteiger charge is 2.22. The fourth-order valence-corrected chi connectivity index (χ4v) is 3.17. The monoisotopic (exact) mass is 401 g/mol. The zero-order valence-electron chi connectivity index (χ0n) is 19.6. The van der Waals surface area contributed by atoms with E-state index in [1.54, 1.807) is 7.11 Å². The van der Waals surface area contributed by atoms with Crippen molar-refractivity contribution >= 4 is 16.9 Å². The Morgan fingerprint density at radius 2 is 1.24 bits per heavy atom. The topological polar surface area (TPSA) is 47.6 Å². The SMILES string of the molecule is CC(C)c1ccc2cc(C(C)C)ccc2c1.COC(=O)N[C@H](C(C)C)[C@@H](C)OC. The molecule has 0 saturated heterocycles. The van der Waals surface area contributed by atoms with E-state index < -0.39 is 6.09 Å². The maximum Gasteiger partial charge on any atom is 0.407 e. The molecule has 162 valence electrons. The Morgan fingerprint density at radius 3 is 1.55 bits per heavy atom. The molecule has 2 aromatic rings. The summed E-state index contributed by atoms with van der Waals surface area (Å²) in [6.07, 6.45) is -0.429. The Bertz CT molecular complexity index is 721. The molecule has 0 radical (unpaired) electrons. The summed E-state index contributed by atoms with van der Waals surface area (Å²) >= 11 is 0. The largest absolute Gasteiger partial charge is 0.453 e. The van der Waals surface area contributed by atoms with Gasteiger partial charge in [0.25, 0.3) is 0 Å². The number of nitrogens with one attached hydrogen (secondary N) is 1. The lowest BCUT2D eigenvalue weighted by atomic mass is 9.96. The third-order valence-corrected chi connectivity index (χ3v) is 5.29. The van der Waals surface area contributed by atoms with Crippen LogP contribution in [0.15, 0.2) is 36.4 Å². The van der Waals surface area contributed by atoms with Crippen LogP contribution in [0.4, 0.5) is 4.79 Å².